The molecule has 3 nitrogen and oxygen atoms in total. The van der Waals surface area contributed by atoms with Gasteiger partial charge in [-0.3, -0.25) is 4.79 Å². The Morgan fingerprint density at radius 1 is 1.56 bits per heavy atom. The lowest BCUT2D eigenvalue weighted by molar-refractivity contribution is -0.121. The maximum absolute atomic E-state index is 13.0. The van der Waals surface area contributed by atoms with Crippen molar-refractivity contribution in [2.24, 2.45) is 0 Å². The maximum atomic E-state index is 13.0. The third-order valence-corrected chi connectivity index (χ3v) is 3.39. The highest BCUT2D eigenvalue weighted by molar-refractivity contribution is 9.10. The average Bonchev–Trinajstić information content (AvgIpc) is 2.36. The van der Waals surface area contributed by atoms with Gasteiger partial charge in [-0.15, -0.1) is 0 Å². The minimum atomic E-state index is -0.290. The summed E-state index contributed by atoms with van der Waals surface area (Å²) in [5, 5.41) is 2.76. The first-order valence-electron chi connectivity index (χ1n) is 5.76. The first-order valence-corrected chi connectivity index (χ1v) is 6.55. The smallest absolute Gasteiger partial charge is 0.220 e. The summed E-state index contributed by atoms with van der Waals surface area (Å²) in [5.41, 5.74) is 0.796. The molecule has 0 heterocycles. The van der Waals surface area contributed by atoms with Crippen molar-refractivity contribution in [3.8, 4) is 0 Å². The van der Waals surface area contributed by atoms with Crippen LogP contribution in [0.3, 0.4) is 0 Å². The van der Waals surface area contributed by atoms with E-state index < -0.39 is 0 Å². The molecule has 0 spiro atoms. The van der Waals surface area contributed by atoms with Crippen molar-refractivity contribution in [1.82, 2.24) is 5.32 Å². The monoisotopic (exact) mass is 317 g/mol. The van der Waals surface area contributed by atoms with Crippen LogP contribution in [-0.4, -0.2) is 25.7 Å². The Hall–Kier alpha value is -0.940. The Balaban J connectivity index is 2.40. The number of hydrogen-bond donors (Lipinski definition) is 1. The molecule has 1 atom stereocenters. The molecule has 1 aromatic rings. The maximum Gasteiger partial charge on any atom is 0.220 e. The number of aryl methyl sites for hydroxylation is 1. The van der Waals surface area contributed by atoms with E-state index in [1.54, 1.807) is 13.2 Å². The van der Waals surface area contributed by atoms with Crippen LogP contribution >= 0.6 is 15.9 Å². The third kappa shape index (κ3) is 5.14. The second-order valence-corrected chi connectivity index (χ2v) is 4.94. The highest BCUT2D eigenvalue weighted by Crippen LogP contribution is 2.19. The van der Waals surface area contributed by atoms with Crippen LogP contribution in [0.25, 0.3) is 0 Å². The van der Waals surface area contributed by atoms with Gasteiger partial charge in [0, 0.05) is 24.5 Å². The van der Waals surface area contributed by atoms with Gasteiger partial charge >= 0.3 is 0 Å². The molecule has 0 radical (unpaired) electrons. The molecule has 0 bridgehead atoms. The van der Waals surface area contributed by atoms with Crippen LogP contribution in [0.4, 0.5) is 4.39 Å². The van der Waals surface area contributed by atoms with Gasteiger partial charge in [-0.25, -0.2) is 4.39 Å². The molecule has 1 N–H and O–H groups in total. The molecule has 1 aromatic carbocycles. The van der Waals surface area contributed by atoms with Crippen LogP contribution in [0.5, 0.6) is 0 Å². The topological polar surface area (TPSA) is 38.3 Å². The number of ether oxygens (including phenoxy) is 1. The fourth-order valence-corrected chi connectivity index (χ4v) is 1.86. The Bertz CT molecular complexity index is 412. The molecule has 0 unspecified atom stereocenters. The number of methoxy groups -OCH3 is 1. The van der Waals surface area contributed by atoms with Gasteiger partial charge in [-0.2, -0.15) is 0 Å². The average molecular weight is 318 g/mol. The summed E-state index contributed by atoms with van der Waals surface area (Å²) in [6, 6.07) is 4.47. The Kier molecular flexibility index (Phi) is 6.29. The third-order valence-electron chi connectivity index (χ3n) is 2.62. The fourth-order valence-electron chi connectivity index (χ4n) is 1.41. The molecular formula is C13H17BrFNO2. The summed E-state index contributed by atoms with van der Waals surface area (Å²) < 4.78 is 18.9. The highest BCUT2D eigenvalue weighted by Gasteiger charge is 2.07. The Labute approximate surface area is 115 Å². The highest BCUT2D eigenvalue weighted by atomic mass is 79.9. The molecule has 0 aromatic heterocycles. The molecule has 5 heteroatoms. The molecule has 1 amide bonds. The number of amides is 1. The van der Waals surface area contributed by atoms with E-state index in [1.165, 1.54) is 12.1 Å². The lowest BCUT2D eigenvalue weighted by atomic mass is 10.1. The SMILES string of the molecule is CO[C@H](C)CNC(=O)CCc1cc(F)ccc1Br. The fraction of sp³-hybridized carbons (Fsp3) is 0.462. The van der Waals surface area contributed by atoms with E-state index in [-0.39, 0.29) is 17.8 Å². The number of nitrogens with one attached hydrogen (secondary N) is 1. The summed E-state index contributed by atoms with van der Waals surface area (Å²) in [5.74, 6) is -0.350. The van der Waals surface area contributed by atoms with Crippen molar-refractivity contribution in [3.63, 3.8) is 0 Å². The van der Waals surface area contributed by atoms with Gasteiger partial charge in [0.15, 0.2) is 0 Å². The normalized spacial score (nSPS) is 12.2. The zero-order chi connectivity index (χ0) is 13.5. The molecule has 0 fully saturated rings. The molecule has 0 aliphatic carbocycles. The molecule has 0 saturated heterocycles. The van der Waals surface area contributed by atoms with Gasteiger partial charge in [0.1, 0.15) is 5.82 Å². The molecule has 18 heavy (non-hydrogen) atoms. The Morgan fingerprint density at radius 3 is 2.94 bits per heavy atom. The lowest BCUT2D eigenvalue weighted by Crippen LogP contribution is -2.31. The summed E-state index contributed by atoms with van der Waals surface area (Å²) >= 11 is 3.34. The minimum Gasteiger partial charge on any atom is -0.380 e. The van der Waals surface area contributed by atoms with E-state index in [9.17, 15) is 9.18 Å². The predicted octanol–water partition coefficient (Wildman–Crippen LogP) is 2.67. The minimum absolute atomic E-state index is 0.00476. The Morgan fingerprint density at radius 2 is 2.28 bits per heavy atom. The number of carbonyl (C=O) groups is 1. The molecule has 100 valence electrons. The van der Waals surface area contributed by atoms with E-state index >= 15 is 0 Å². The molecular weight excluding hydrogens is 301 g/mol. The van der Waals surface area contributed by atoms with Crippen LogP contribution in [0.1, 0.15) is 18.9 Å². The largest absolute Gasteiger partial charge is 0.380 e. The van der Waals surface area contributed by atoms with Gasteiger partial charge in [-0.1, -0.05) is 15.9 Å². The van der Waals surface area contributed by atoms with Gasteiger partial charge in [0.05, 0.1) is 6.10 Å². The van der Waals surface area contributed by atoms with Crippen molar-refractivity contribution < 1.29 is 13.9 Å². The summed E-state index contributed by atoms with van der Waals surface area (Å²) in [7, 11) is 1.60. The quantitative estimate of drug-likeness (QED) is 0.876. The van der Waals surface area contributed by atoms with Gasteiger partial charge in [-0.05, 0) is 37.1 Å². The van der Waals surface area contributed by atoms with E-state index in [2.05, 4.69) is 21.2 Å². The van der Waals surface area contributed by atoms with E-state index in [1.807, 2.05) is 6.92 Å². The van der Waals surface area contributed by atoms with E-state index in [4.69, 9.17) is 4.74 Å². The van der Waals surface area contributed by atoms with Crippen molar-refractivity contribution in [2.45, 2.75) is 25.9 Å². The van der Waals surface area contributed by atoms with Crippen molar-refractivity contribution >= 4 is 21.8 Å². The number of rotatable bonds is 6. The second kappa shape index (κ2) is 7.48. The van der Waals surface area contributed by atoms with Crippen LogP contribution in [0.2, 0.25) is 0 Å². The van der Waals surface area contributed by atoms with Crippen LogP contribution in [0.15, 0.2) is 22.7 Å². The van der Waals surface area contributed by atoms with Crippen LogP contribution in [-0.2, 0) is 16.0 Å². The first kappa shape index (κ1) is 15.1. The number of benzene rings is 1. The summed E-state index contributed by atoms with van der Waals surface area (Å²) in [4.78, 5) is 11.6. The molecule has 0 aliphatic rings. The van der Waals surface area contributed by atoms with Crippen molar-refractivity contribution in [3.05, 3.63) is 34.1 Å². The van der Waals surface area contributed by atoms with Gasteiger partial charge in [0.25, 0.3) is 0 Å². The van der Waals surface area contributed by atoms with E-state index in [0.717, 1.165) is 10.0 Å². The number of carbonyl (C=O) groups excluding carboxylic acids is 1. The predicted molar refractivity (Wildman–Crippen MR) is 71.9 cm³/mol. The summed E-state index contributed by atoms with van der Waals surface area (Å²) in [6.45, 7) is 2.36. The molecule has 1 rings (SSSR count). The number of hydrogen-bond acceptors (Lipinski definition) is 2. The standard InChI is InChI=1S/C13H17BrFNO2/c1-9(18-2)8-16-13(17)6-3-10-7-11(15)4-5-12(10)14/h4-5,7,9H,3,6,8H2,1-2H3,(H,16,17)/t9-/m1/s1. The van der Waals surface area contributed by atoms with Crippen LogP contribution in [0, 0.1) is 5.82 Å². The zero-order valence-electron chi connectivity index (χ0n) is 10.5. The first-order chi connectivity index (χ1) is 8.52. The van der Waals surface area contributed by atoms with Crippen molar-refractivity contribution in [1.29, 1.82) is 0 Å². The molecule has 0 saturated carbocycles. The van der Waals surface area contributed by atoms with E-state index in [0.29, 0.717) is 19.4 Å². The molecule has 0 aliphatic heterocycles. The number of halogens is 2. The summed E-state index contributed by atoms with van der Waals surface area (Å²) in [6.07, 6.45) is 0.833. The van der Waals surface area contributed by atoms with Gasteiger partial charge in [0.2, 0.25) is 5.91 Å². The van der Waals surface area contributed by atoms with Crippen LogP contribution < -0.4 is 5.32 Å². The zero-order valence-corrected chi connectivity index (χ0v) is 12.1. The lowest BCUT2D eigenvalue weighted by Gasteiger charge is -2.11. The second-order valence-electron chi connectivity index (χ2n) is 4.09. The van der Waals surface area contributed by atoms with Crippen molar-refractivity contribution in [2.75, 3.05) is 13.7 Å². The van der Waals surface area contributed by atoms with Gasteiger partial charge < -0.3 is 10.1 Å².